The molecular formula is C21H25N5O3. The molecule has 0 saturated carbocycles. The van der Waals surface area contributed by atoms with Gasteiger partial charge < -0.3 is 19.3 Å². The van der Waals surface area contributed by atoms with Crippen LogP contribution in [-0.2, 0) is 11.3 Å². The Kier molecular flexibility index (Phi) is 4.81. The second-order valence-corrected chi connectivity index (χ2v) is 7.88. The first-order chi connectivity index (χ1) is 14.2. The Morgan fingerprint density at radius 1 is 1.28 bits per heavy atom. The first-order valence-corrected chi connectivity index (χ1v) is 10.3. The van der Waals surface area contributed by atoms with E-state index in [-0.39, 0.29) is 12.0 Å². The minimum Gasteiger partial charge on any atom is -0.391 e. The number of nitrogens with zero attached hydrogens (tertiary/aromatic N) is 5. The average Bonchev–Trinajstić information content (AvgIpc) is 3.47. The molecule has 1 N–H and O–H groups in total. The number of carbonyl (C=O) groups is 1. The molecule has 8 nitrogen and oxygen atoms in total. The lowest BCUT2D eigenvalue weighted by molar-refractivity contribution is 0.0471. The molecule has 3 aromatic rings. The number of pyridine rings is 1. The molecule has 5 rings (SSSR count). The number of amides is 1. The number of ether oxygens (including phenoxy) is 1. The third-order valence-corrected chi connectivity index (χ3v) is 5.74. The first kappa shape index (κ1) is 18.3. The molecule has 0 aromatic carbocycles. The number of hydrogen-bond acceptors (Lipinski definition) is 5. The van der Waals surface area contributed by atoms with Gasteiger partial charge in [0.1, 0.15) is 5.69 Å². The Morgan fingerprint density at radius 2 is 2.21 bits per heavy atom. The average molecular weight is 395 g/mol. The number of aromatic nitrogens is 4. The van der Waals surface area contributed by atoms with Gasteiger partial charge in [-0.05, 0) is 37.8 Å². The van der Waals surface area contributed by atoms with Gasteiger partial charge in [-0.3, -0.25) is 9.20 Å². The predicted octanol–water partition coefficient (Wildman–Crippen LogP) is 1.97. The van der Waals surface area contributed by atoms with Crippen LogP contribution in [0.4, 0.5) is 0 Å². The highest BCUT2D eigenvalue weighted by Crippen LogP contribution is 2.24. The highest BCUT2D eigenvalue weighted by molar-refractivity contribution is 6.00. The second-order valence-electron chi connectivity index (χ2n) is 7.88. The van der Waals surface area contributed by atoms with Crippen molar-refractivity contribution in [3.63, 3.8) is 0 Å². The van der Waals surface area contributed by atoms with E-state index >= 15 is 0 Å². The highest BCUT2D eigenvalue weighted by Gasteiger charge is 2.27. The summed E-state index contributed by atoms with van der Waals surface area (Å²) in [5, 5.41) is 9.95. The number of imidazole rings is 2. The molecule has 8 heteroatoms. The van der Waals surface area contributed by atoms with E-state index in [4.69, 9.17) is 4.74 Å². The smallest absolute Gasteiger partial charge is 0.274 e. The van der Waals surface area contributed by atoms with E-state index < -0.39 is 6.10 Å². The summed E-state index contributed by atoms with van der Waals surface area (Å²) < 4.78 is 9.65. The molecule has 2 atom stereocenters. The Morgan fingerprint density at radius 3 is 3.03 bits per heavy atom. The summed E-state index contributed by atoms with van der Waals surface area (Å²) in [6.45, 7) is 2.60. The summed E-state index contributed by atoms with van der Waals surface area (Å²) in [7, 11) is 0. The van der Waals surface area contributed by atoms with Crippen molar-refractivity contribution in [2.45, 2.75) is 44.4 Å². The van der Waals surface area contributed by atoms with Gasteiger partial charge in [0.05, 0.1) is 24.1 Å². The Hall–Kier alpha value is -2.71. The van der Waals surface area contributed by atoms with Crippen LogP contribution in [0.2, 0.25) is 0 Å². The zero-order valence-corrected chi connectivity index (χ0v) is 16.3. The first-order valence-electron chi connectivity index (χ1n) is 10.3. The van der Waals surface area contributed by atoms with Crippen LogP contribution < -0.4 is 0 Å². The van der Waals surface area contributed by atoms with E-state index in [2.05, 4.69) is 9.97 Å². The van der Waals surface area contributed by atoms with Gasteiger partial charge in [-0.1, -0.05) is 6.07 Å². The number of piperidine rings is 1. The van der Waals surface area contributed by atoms with E-state index in [9.17, 15) is 9.90 Å². The number of hydrogen-bond donors (Lipinski definition) is 1. The third-order valence-electron chi connectivity index (χ3n) is 5.74. The number of likely N-dealkylation sites (tertiary alicyclic amines) is 1. The summed E-state index contributed by atoms with van der Waals surface area (Å²) in [6.07, 6.45) is 9.14. The SMILES string of the molecule is O=C(c1nc(-c2cn(C[C@@H]3CCCO3)cn2)n2ccccc12)N1CCC[C@@H](O)C1. The van der Waals surface area contributed by atoms with Gasteiger partial charge in [0.25, 0.3) is 5.91 Å². The van der Waals surface area contributed by atoms with E-state index in [1.54, 1.807) is 11.2 Å². The maximum Gasteiger partial charge on any atom is 0.274 e. The van der Waals surface area contributed by atoms with Gasteiger partial charge in [0.15, 0.2) is 11.5 Å². The molecule has 0 radical (unpaired) electrons. The van der Waals surface area contributed by atoms with Crippen LogP contribution in [0, 0.1) is 0 Å². The van der Waals surface area contributed by atoms with Crippen LogP contribution in [0.15, 0.2) is 36.9 Å². The van der Waals surface area contributed by atoms with Crippen LogP contribution in [0.5, 0.6) is 0 Å². The lowest BCUT2D eigenvalue weighted by atomic mass is 10.1. The summed E-state index contributed by atoms with van der Waals surface area (Å²) in [5.74, 6) is 0.505. The van der Waals surface area contributed by atoms with Crippen LogP contribution in [-0.4, -0.2) is 66.8 Å². The maximum absolute atomic E-state index is 13.1. The molecule has 0 unspecified atom stereocenters. The minimum absolute atomic E-state index is 0.141. The lowest BCUT2D eigenvalue weighted by Gasteiger charge is -2.29. The van der Waals surface area contributed by atoms with Crippen molar-refractivity contribution in [3.05, 3.63) is 42.6 Å². The van der Waals surface area contributed by atoms with E-state index in [0.717, 1.165) is 50.0 Å². The molecule has 0 spiro atoms. The van der Waals surface area contributed by atoms with Gasteiger partial charge in [0, 0.05) is 38.6 Å². The van der Waals surface area contributed by atoms with Gasteiger partial charge in [-0.25, -0.2) is 9.97 Å². The van der Waals surface area contributed by atoms with Crippen molar-refractivity contribution in [1.82, 2.24) is 23.8 Å². The summed E-state index contributed by atoms with van der Waals surface area (Å²) >= 11 is 0. The van der Waals surface area contributed by atoms with Crippen LogP contribution in [0.25, 0.3) is 17.0 Å². The quantitative estimate of drug-likeness (QED) is 0.730. The van der Waals surface area contributed by atoms with Gasteiger partial charge >= 0.3 is 0 Å². The van der Waals surface area contributed by atoms with Crippen molar-refractivity contribution in [1.29, 1.82) is 0 Å². The van der Waals surface area contributed by atoms with Gasteiger partial charge in [-0.15, -0.1) is 0 Å². The summed E-state index contributed by atoms with van der Waals surface area (Å²) in [6, 6.07) is 5.71. The van der Waals surface area contributed by atoms with Crippen LogP contribution in [0.3, 0.4) is 0 Å². The highest BCUT2D eigenvalue weighted by atomic mass is 16.5. The van der Waals surface area contributed by atoms with Crippen molar-refractivity contribution in [2.24, 2.45) is 0 Å². The molecule has 152 valence electrons. The molecule has 2 fully saturated rings. The molecule has 29 heavy (non-hydrogen) atoms. The number of fused-ring (bicyclic) bond motifs is 1. The molecule has 3 aromatic heterocycles. The largest absolute Gasteiger partial charge is 0.391 e. The van der Waals surface area contributed by atoms with E-state index in [1.165, 1.54) is 0 Å². The summed E-state index contributed by atoms with van der Waals surface area (Å²) in [5.41, 5.74) is 1.88. The zero-order chi connectivity index (χ0) is 19.8. The van der Waals surface area contributed by atoms with Crippen molar-refractivity contribution >= 4 is 11.4 Å². The Labute approximate surface area is 168 Å². The number of β-amino-alcohol motifs (C(OH)–C–C–N with tert-alkyl or cyclic N) is 1. The fourth-order valence-electron chi connectivity index (χ4n) is 4.26. The monoisotopic (exact) mass is 395 g/mol. The van der Waals surface area contributed by atoms with Crippen molar-refractivity contribution in [2.75, 3.05) is 19.7 Å². The topological polar surface area (TPSA) is 84.9 Å². The molecule has 2 aliphatic heterocycles. The predicted molar refractivity (Wildman–Crippen MR) is 107 cm³/mol. The van der Waals surface area contributed by atoms with E-state index in [0.29, 0.717) is 24.6 Å². The maximum atomic E-state index is 13.1. The molecule has 5 heterocycles. The second kappa shape index (κ2) is 7.61. The molecule has 1 amide bonds. The minimum atomic E-state index is -0.463. The van der Waals surface area contributed by atoms with Gasteiger partial charge in [0.2, 0.25) is 0 Å². The third kappa shape index (κ3) is 3.54. The number of rotatable bonds is 4. The normalized spacial score (nSPS) is 22.4. The fraction of sp³-hybridized carbons (Fsp3) is 0.476. The zero-order valence-electron chi connectivity index (χ0n) is 16.3. The van der Waals surface area contributed by atoms with Gasteiger partial charge in [-0.2, -0.15) is 0 Å². The molecule has 0 aliphatic carbocycles. The standard InChI is InChI=1S/C21H25N5O3/c27-15-5-3-8-25(11-15)21(28)19-18-7-1-2-9-26(18)20(23-19)17-13-24(14-22-17)12-16-6-4-10-29-16/h1-2,7,9,13-16,27H,3-6,8,10-12H2/t15-,16+/m1/s1. The van der Waals surface area contributed by atoms with Crippen molar-refractivity contribution in [3.8, 4) is 11.5 Å². The molecule has 0 bridgehead atoms. The summed E-state index contributed by atoms with van der Waals surface area (Å²) in [4.78, 5) is 24.1. The fourth-order valence-corrected chi connectivity index (χ4v) is 4.26. The van der Waals surface area contributed by atoms with E-state index in [1.807, 2.05) is 39.6 Å². The Balaban J connectivity index is 1.47. The molecule has 2 aliphatic rings. The van der Waals surface area contributed by atoms with Crippen LogP contribution in [0.1, 0.15) is 36.2 Å². The van der Waals surface area contributed by atoms with Crippen LogP contribution >= 0.6 is 0 Å². The number of carbonyl (C=O) groups excluding carboxylic acids is 1. The number of aliphatic hydroxyl groups excluding tert-OH is 1. The lowest BCUT2D eigenvalue weighted by Crippen LogP contribution is -2.42. The number of aliphatic hydroxyl groups is 1. The Bertz CT molecular complexity index is 1020. The van der Waals surface area contributed by atoms with Crippen molar-refractivity contribution < 1.29 is 14.6 Å². The molecular weight excluding hydrogens is 370 g/mol. The molecule has 2 saturated heterocycles.